The van der Waals surface area contributed by atoms with Gasteiger partial charge in [-0.15, -0.1) is 0 Å². The molecule has 1 aliphatic heterocycles. The summed E-state index contributed by atoms with van der Waals surface area (Å²) in [5, 5.41) is 8.96. The van der Waals surface area contributed by atoms with E-state index in [1.807, 2.05) is 12.1 Å². The van der Waals surface area contributed by atoms with Gasteiger partial charge in [0, 0.05) is 13.2 Å². The van der Waals surface area contributed by atoms with Crippen molar-refractivity contribution in [1.82, 2.24) is 4.90 Å². The third-order valence-corrected chi connectivity index (χ3v) is 2.59. The summed E-state index contributed by atoms with van der Waals surface area (Å²) in [5.41, 5.74) is 0. The molecule has 0 aromatic carbocycles. The standard InChI is InChI=1S/C10H15NO2/c12-8-9-3-4-11(6-9)7-10-2-1-5-13-10/h1-2,5,9,12H,3-4,6-8H2/t9-/m0/s1. The molecular weight excluding hydrogens is 166 g/mol. The molecule has 0 amide bonds. The Kier molecular flexibility index (Phi) is 2.66. The topological polar surface area (TPSA) is 36.6 Å². The molecule has 0 aliphatic carbocycles. The quantitative estimate of drug-likeness (QED) is 0.758. The molecule has 72 valence electrons. The van der Waals surface area contributed by atoms with Gasteiger partial charge in [0.2, 0.25) is 0 Å². The number of furan rings is 1. The molecule has 3 nitrogen and oxygen atoms in total. The Morgan fingerprint density at radius 1 is 1.62 bits per heavy atom. The van der Waals surface area contributed by atoms with E-state index in [2.05, 4.69) is 4.90 Å². The number of aliphatic hydroxyl groups excluding tert-OH is 1. The van der Waals surface area contributed by atoms with Crippen LogP contribution < -0.4 is 0 Å². The van der Waals surface area contributed by atoms with Crippen molar-refractivity contribution >= 4 is 0 Å². The van der Waals surface area contributed by atoms with E-state index in [9.17, 15) is 0 Å². The number of hydrogen-bond donors (Lipinski definition) is 1. The lowest BCUT2D eigenvalue weighted by Crippen LogP contribution is -2.20. The predicted octanol–water partition coefficient (Wildman–Crippen LogP) is 1.09. The second-order valence-corrected chi connectivity index (χ2v) is 3.65. The van der Waals surface area contributed by atoms with Crippen LogP contribution in [0.15, 0.2) is 22.8 Å². The minimum absolute atomic E-state index is 0.314. The van der Waals surface area contributed by atoms with Gasteiger partial charge in [-0.25, -0.2) is 0 Å². The highest BCUT2D eigenvalue weighted by Gasteiger charge is 2.21. The fourth-order valence-corrected chi connectivity index (χ4v) is 1.83. The molecule has 1 fully saturated rings. The Hall–Kier alpha value is -0.800. The van der Waals surface area contributed by atoms with Crippen molar-refractivity contribution in [2.45, 2.75) is 13.0 Å². The van der Waals surface area contributed by atoms with Gasteiger partial charge < -0.3 is 9.52 Å². The lowest BCUT2D eigenvalue weighted by molar-refractivity contribution is 0.216. The van der Waals surface area contributed by atoms with Crippen molar-refractivity contribution in [3.63, 3.8) is 0 Å². The van der Waals surface area contributed by atoms with Crippen LogP contribution >= 0.6 is 0 Å². The van der Waals surface area contributed by atoms with Crippen molar-refractivity contribution < 1.29 is 9.52 Å². The van der Waals surface area contributed by atoms with E-state index >= 15 is 0 Å². The van der Waals surface area contributed by atoms with Gasteiger partial charge in [-0.3, -0.25) is 4.90 Å². The molecule has 1 N–H and O–H groups in total. The van der Waals surface area contributed by atoms with Gasteiger partial charge >= 0.3 is 0 Å². The van der Waals surface area contributed by atoms with Gasteiger partial charge in [0.05, 0.1) is 12.8 Å². The first-order chi connectivity index (χ1) is 6.38. The van der Waals surface area contributed by atoms with Gasteiger partial charge in [0.25, 0.3) is 0 Å². The fraction of sp³-hybridized carbons (Fsp3) is 0.600. The largest absolute Gasteiger partial charge is 0.468 e. The lowest BCUT2D eigenvalue weighted by atomic mass is 10.1. The molecule has 1 atom stereocenters. The van der Waals surface area contributed by atoms with Crippen LogP contribution in [0.5, 0.6) is 0 Å². The zero-order valence-electron chi connectivity index (χ0n) is 7.65. The number of hydrogen-bond acceptors (Lipinski definition) is 3. The second kappa shape index (κ2) is 3.94. The van der Waals surface area contributed by atoms with E-state index in [1.54, 1.807) is 6.26 Å². The molecule has 2 heterocycles. The third-order valence-electron chi connectivity index (χ3n) is 2.59. The molecule has 0 saturated carbocycles. The van der Waals surface area contributed by atoms with Crippen molar-refractivity contribution in [2.24, 2.45) is 5.92 Å². The van der Waals surface area contributed by atoms with Crippen LogP contribution in [0.2, 0.25) is 0 Å². The highest BCUT2D eigenvalue weighted by Crippen LogP contribution is 2.17. The van der Waals surface area contributed by atoms with Crippen LogP contribution in [0.25, 0.3) is 0 Å². The van der Waals surface area contributed by atoms with E-state index in [4.69, 9.17) is 9.52 Å². The number of nitrogens with zero attached hydrogens (tertiary/aromatic N) is 1. The van der Waals surface area contributed by atoms with Crippen LogP contribution in [-0.4, -0.2) is 29.7 Å². The van der Waals surface area contributed by atoms with Gasteiger partial charge in [0.15, 0.2) is 0 Å². The molecule has 13 heavy (non-hydrogen) atoms. The Labute approximate surface area is 78.0 Å². The van der Waals surface area contributed by atoms with Crippen LogP contribution in [-0.2, 0) is 6.54 Å². The SMILES string of the molecule is OC[C@H]1CCN(Cc2ccco2)C1. The molecular formula is C10H15NO2. The Morgan fingerprint density at radius 3 is 3.15 bits per heavy atom. The number of rotatable bonds is 3. The van der Waals surface area contributed by atoms with E-state index in [-0.39, 0.29) is 0 Å². The van der Waals surface area contributed by atoms with Gasteiger partial charge in [0.1, 0.15) is 5.76 Å². The molecule has 3 heteroatoms. The number of likely N-dealkylation sites (tertiary alicyclic amines) is 1. The molecule has 0 bridgehead atoms. The highest BCUT2D eigenvalue weighted by molar-refractivity contribution is 4.98. The molecule has 1 aromatic rings. The first kappa shape index (κ1) is 8.78. The van der Waals surface area contributed by atoms with Crippen LogP contribution in [0.1, 0.15) is 12.2 Å². The minimum Gasteiger partial charge on any atom is -0.468 e. The van der Waals surface area contributed by atoms with E-state index in [1.165, 1.54) is 0 Å². The normalized spacial score (nSPS) is 23.9. The Balaban J connectivity index is 1.84. The molecule has 2 rings (SSSR count). The van der Waals surface area contributed by atoms with Gasteiger partial charge in [-0.2, -0.15) is 0 Å². The highest BCUT2D eigenvalue weighted by atomic mass is 16.3. The predicted molar refractivity (Wildman–Crippen MR) is 49.2 cm³/mol. The third kappa shape index (κ3) is 2.11. The van der Waals surface area contributed by atoms with Gasteiger partial charge in [-0.05, 0) is 31.0 Å². The maximum Gasteiger partial charge on any atom is 0.117 e. The van der Waals surface area contributed by atoms with Crippen LogP contribution in [0.3, 0.4) is 0 Å². The van der Waals surface area contributed by atoms with Crippen molar-refractivity contribution in [3.05, 3.63) is 24.2 Å². The van der Waals surface area contributed by atoms with E-state index in [0.717, 1.165) is 31.8 Å². The molecule has 1 aromatic heterocycles. The lowest BCUT2D eigenvalue weighted by Gasteiger charge is -2.13. The number of aliphatic hydroxyl groups is 1. The summed E-state index contributed by atoms with van der Waals surface area (Å²) in [4.78, 5) is 2.32. The minimum atomic E-state index is 0.314. The molecule has 0 radical (unpaired) electrons. The summed E-state index contributed by atoms with van der Waals surface area (Å²) in [6.45, 7) is 3.27. The molecule has 0 spiro atoms. The second-order valence-electron chi connectivity index (χ2n) is 3.65. The van der Waals surface area contributed by atoms with E-state index < -0.39 is 0 Å². The zero-order chi connectivity index (χ0) is 9.10. The van der Waals surface area contributed by atoms with Crippen molar-refractivity contribution in [3.8, 4) is 0 Å². The summed E-state index contributed by atoms with van der Waals surface area (Å²) < 4.78 is 5.26. The average Bonchev–Trinajstić information content (AvgIpc) is 2.76. The van der Waals surface area contributed by atoms with Crippen LogP contribution in [0, 0.1) is 5.92 Å². The summed E-state index contributed by atoms with van der Waals surface area (Å²) in [7, 11) is 0. The summed E-state index contributed by atoms with van der Waals surface area (Å²) >= 11 is 0. The first-order valence-electron chi connectivity index (χ1n) is 4.74. The zero-order valence-corrected chi connectivity index (χ0v) is 7.65. The fourth-order valence-electron chi connectivity index (χ4n) is 1.83. The maximum atomic E-state index is 8.96. The summed E-state index contributed by atoms with van der Waals surface area (Å²) in [6, 6.07) is 3.90. The Bertz CT molecular complexity index is 245. The molecule has 1 saturated heterocycles. The van der Waals surface area contributed by atoms with Crippen molar-refractivity contribution in [2.75, 3.05) is 19.7 Å². The van der Waals surface area contributed by atoms with E-state index in [0.29, 0.717) is 12.5 Å². The Morgan fingerprint density at radius 2 is 2.54 bits per heavy atom. The molecule has 1 aliphatic rings. The monoisotopic (exact) mass is 181 g/mol. The van der Waals surface area contributed by atoms with Crippen molar-refractivity contribution in [1.29, 1.82) is 0 Å². The smallest absolute Gasteiger partial charge is 0.117 e. The first-order valence-corrected chi connectivity index (χ1v) is 4.74. The van der Waals surface area contributed by atoms with Gasteiger partial charge in [-0.1, -0.05) is 0 Å². The summed E-state index contributed by atoms with van der Waals surface area (Å²) in [6.07, 6.45) is 2.81. The maximum absolute atomic E-state index is 8.96. The molecule has 0 unspecified atom stereocenters. The average molecular weight is 181 g/mol. The van der Waals surface area contributed by atoms with Crippen LogP contribution in [0.4, 0.5) is 0 Å². The summed E-state index contributed by atoms with van der Waals surface area (Å²) in [5.74, 6) is 1.48.